The summed E-state index contributed by atoms with van der Waals surface area (Å²) in [4.78, 5) is 38.0. The quantitative estimate of drug-likeness (QED) is 0.819. The van der Waals surface area contributed by atoms with Crippen LogP contribution in [0.1, 0.15) is 56.2 Å². The van der Waals surface area contributed by atoms with Crippen molar-refractivity contribution in [2.75, 3.05) is 44.3 Å². The van der Waals surface area contributed by atoms with E-state index in [0.29, 0.717) is 36.4 Å². The average Bonchev–Trinajstić information content (AvgIpc) is 3.41. The van der Waals surface area contributed by atoms with Crippen LogP contribution in [0.15, 0.2) is 4.79 Å². The molecule has 1 N–H and O–H groups in total. The highest BCUT2D eigenvalue weighted by Gasteiger charge is 2.62. The van der Waals surface area contributed by atoms with Crippen molar-refractivity contribution in [3.05, 3.63) is 21.6 Å². The number of hydrogen-bond acceptors (Lipinski definition) is 5. The molecule has 2 saturated heterocycles. The van der Waals surface area contributed by atoms with Crippen LogP contribution in [0.4, 0.5) is 5.95 Å². The first-order chi connectivity index (χ1) is 14.1. The largest absolute Gasteiger partial charge is 0.378 e. The Kier molecular flexibility index (Phi) is 3.90. The number of likely N-dealkylation sites (tertiary alicyclic amines) is 1. The zero-order valence-electron chi connectivity index (χ0n) is 17.0. The third kappa shape index (κ3) is 2.69. The minimum Gasteiger partial charge on any atom is -0.378 e. The Morgan fingerprint density at radius 1 is 1.07 bits per heavy atom. The number of fused-ring (bicyclic) bond motifs is 2. The van der Waals surface area contributed by atoms with E-state index < -0.39 is 0 Å². The maximum Gasteiger partial charge on any atom is 0.255 e. The fourth-order valence-corrected chi connectivity index (χ4v) is 6.31. The van der Waals surface area contributed by atoms with Gasteiger partial charge in [0.1, 0.15) is 0 Å². The summed E-state index contributed by atoms with van der Waals surface area (Å²) in [7, 11) is 0. The van der Waals surface area contributed by atoms with Crippen LogP contribution in [-0.2, 0) is 21.4 Å². The van der Waals surface area contributed by atoms with Crippen molar-refractivity contribution < 1.29 is 9.53 Å². The SMILES string of the molecule is O=C(C1CC12CCC2)N1CCC2(CCc3c2nc(N2CCOCC2)[nH]c3=O)CC1. The number of aromatic amines is 1. The summed E-state index contributed by atoms with van der Waals surface area (Å²) in [6.45, 7) is 4.50. The molecule has 3 heterocycles. The molecule has 0 radical (unpaired) electrons. The predicted molar refractivity (Wildman–Crippen MR) is 108 cm³/mol. The van der Waals surface area contributed by atoms with E-state index >= 15 is 0 Å². The molecular formula is C22H30N4O3. The van der Waals surface area contributed by atoms with Crippen LogP contribution in [-0.4, -0.2) is 60.2 Å². The van der Waals surface area contributed by atoms with E-state index in [1.54, 1.807) is 0 Å². The van der Waals surface area contributed by atoms with E-state index in [9.17, 15) is 9.59 Å². The normalized spacial score (nSPS) is 29.0. The van der Waals surface area contributed by atoms with Gasteiger partial charge in [0.2, 0.25) is 11.9 Å². The molecule has 2 spiro atoms. The number of carbonyl (C=O) groups is 1. The second-order valence-corrected chi connectivity index (χ2v) is 9.89. The van der Waals surface area contributed by atoms with Gasteiger partial charge in [0.25, 0.3) is 5.56 Å². The number of carbonyl (C=O) groups excluding carboxylic acids is 1. The first kappa shape index (κ1) is 17.9. The zero-order valence-corrected chi connectivity index (χ0v) is 17.0. The van der Waals surface area contributed by atoms with Crippen molar-refractivity contribution in [1.82, 2.24) is 14.9 Å². The molecule has 1 unspecified atom stereocenters. The van der Waals surface area contributed by atoms with Crippen molar-refractivity contribution in [2.24, 2.45) is 11.3 Å². The van der Waals surface area contributed by atoms with Crippen molar-refractivity contribution in [1.29, 1.82) is 0 Å². The van der Waals surface area contributed by atoms with Crippen molar-refractivity contribution >= 4 is 11.9 Å². The lowest BCUT2D eigenvalue weighted by Crippen LogP contribution is -2.46. The molecule has 5 aliphatic rings. The van der Waals surface area contributed by atoms with E-state index in [1.807, 2.05) is 0 Å². The monoisotopic (exact) mass is 398 g/mol. The van der Waals surface area contributed by atoms with Crippen molar-refractivity contribution in [3.63, 3.8) is 0 Å². The fourth-order valence-electron chi connectivity index (χ4n) is 6.31. The van der Waals surface area contributed by atoms with Gasteiger partial charge in [-0.05, 0) is 50.4 Å². The molecule has 29 heavy (non-hydrogen) atoms. The smallest absolute Gasteiger partial charge is 0.255 e. The molecule has 1 atom stereocenters. The van der Waals surface area contributed by atoms with Gasteiger partial charge in [-0.1, -0.05) is 6.42 Å². The third-order valence-corrected chi connectivity index (χ3v) is 8.54. The summed E-state index contributed by atoms with van der Waals surface area (Å²) in [5, 5.41) is 0. The van der Waals surface area contributed by atoms with Gasteiger partial charge >= 0.3 is 0 Å². The highest BCUT2D eigenvalue weighted by molar-refractivity contribution is 5.83. The number of ether oxygens (including phenoxy) is 1. The van der Waals surface area contributed by atoms with Crippen molar-refractivity contribution in [2.45, 2.75) is 56.8 Å². The lowest BCUT2D eigenvalue weighted by molar-refractivity contribution is -0.135. The van der Waals surface area contributed by atoms with E-state index in [0.717, 1.165) is 69.5 Å². The minimum absolute atomic E-state index is 0.0248. The number of hydrogen-bond donors (Lipinski definition) is 1. The molecule has 7 nitrogen and oxygen atoms in total. The minimum atomic E-state index is -0.0287. The summed E-state index contributed by atoms with van der Waals surface area (Å²) in [6, 6.07) is 0. The predicted octanol–water partition coefficient (Wildman–Crippen LogP) is 1.60. The van der Waals surface area contributed by atoms with E-state index in [-0.39, 0.29) is 11.0 Å². The molecule has 2 aliphatic heterocycles. The van der Waals surface area contributed by atoms with Crippen LogP contribution >= 0.6 is 0 Å². The number of H-pyrrole nitrogens is 1. The van der Waals surface area contributed by atoms with Gasteiger partial charge in [-0.15, -0.1) is 0 Å². The summed E-state index contributed by atoms with van der Waals surface area (Å²) in [5.41, 5.74) is 2.28. The molecule has 1 aromatic rings. The highest BCUT2D eigenvalue weighted by atomic mass is 16.5. The zero-order chi connectivity index (χ0) is 19.6. The van der Waals surface area contributed by atoms with E-state index in [2.05, 4.69) is 14.8 Å². The molecule has 156 valence electrons. The van der Waals surface area contributed by atoms with Gasteiger partial charge in [-0.25, -0.2) is 4.98 Å². The van der Waals surface area contributed by atoms with Gasteiger partial charge < -0.3 is 14.5 Å². The summed E-state index contributed by atoms with van der Waals surface area (Å²) < 4.78 is 5.44. The van der Waals surface area contributed by atoms with Gasteiger partial charge in [-0.3, -0.25) is 14.6 Å². The second-order valence-electron chi connectivity index (χ2n) is 9.89. The molecule has 1 amide bonds. The Morgan fingerprint density at radius 2 is 1.83 bits per heavy atom. The Hall–Kier alpha value is -1.89. The van der Waals surface area contributed by atoms with Gasteiger partial charge in [-0.2, -0.15) is 0 Å². The molecule has 0 aromatic carbocycles. The van der Waals surface area contributed by atoms with Crippen molar-refractivity contribution in [3.8, 4) is 0 Å². The fraction of sp³-hybridized carbons (Fsp3) is 0.773. The number of piperidine rings is 1. The van der Waals surface area contributed by atoms with Crippen LogP contribution in [0, 0.1) is 11.3 Å². The second kappa shape index (κ2) is 6.30. The summed E-state index contributed by atoms with van der Waals surface area (Å²) in [6.07, 6.45) is 8.60. The Balaban J connectivity index is 1.21. The first-order valence-electron chi connectivity index (χ1n) is 11.4. The molecule has 2 saturated carbocycles. The maximum absolute atomic E-state index is 13.0. The number of rotatable bonds is 2. The molecule has 0 bridgehead atoms. The molecular weight excluding hydrogens is 368 g/mol. The average molecular weight is 399 g/mol. The van der Waals surface area contributed by atoms with E-state index in [1.165, 1.54) is 19.3 Å². The number of nitrogens with one attached hydrogen (secondary N) is 1. The number of amides is 1. The molecule has 4 fully saturated rings. The molecule has 6 rings (SSSR count). The summed E-state index contributed by atoms with van der Waals surface area (Å²) >= 11 is 0. The first-order valence-corrected chi connectivity index (χ1v) is 11.4. The highest BCUT2D eigenvalue weighted by Crippen LogP contribution is 2.66. The van der Waals surface area contributed by atoms with Crippen LogP contribution in [0.2, 0.25) is 0 Å². The summed E-state index contributed by atoms with van der Waals surface area (Å²) in [5.74, 6) is 1.39. The Labute approximate surface area is 170 Å². The third-order valence-electron chi connectivity index (χ3n) is 8.54. The number of anilines is 1. The standard InChI is InChI=1S/C22H30N4O3/c27-18-15-2-5-21(17(15)23-20(24-18)26-10-12-29-13-11-26)6-8-25(9-7-21)19(28)16-14-22(16)3-1-4-22/h16H,1-14H2,(H,23,24,27). The van der Waals surface area contributed by atoms with Gasteiger partial charge in [0.05, 0.1) is 18.9 Å². The molecule has 1 aromatic heterocycles. The van der Waals surface area contributed by atoms with Crippen LogP contribution in [0.3, 0.4) is 0 Å². The Morgan fingerprint density at radius 3 is 2.48 bits per heavy atom. The van der Waals surface area contributed by atoms with Gasteiger partial charge in [0, 0.05) is 43.1 Å². The van der Waals surface area contributed by atoms with Crippen LogP contribution in [0.5, 0.6) is 0 Å². The maximum atomic E-state index is 13.0. The topological polar surface area (TPSA) is 78.5 Å². The molecule has 3 aliphatic carbocycles. The number of aromatic nitrogens is 2. The van der Waals surface area contributed by atoms with Crippen LogP contribution in [0.25, 0.3) is 0 Å². The Bertz CT molecular complexity index is 892. The molecule has 7 heteroatoms. The van der Waals surface area contributed by atoms with Gasteiger partial charge in [0.15, 0.2) is 0 Å². The number of nitrogens with zero attached hydrogens (tertiary/aromatic N) is 3. The number of morpholine rings is 1. The van der Waals surface area contributed by atoms with Crippen LogP contribution < -0.4 is 10.5 Å². The lowest BCUT2D eigenvalue weighted by Gasteiger charge is -2.40. The lowest BCUT2D eigenvalue weighted by atomic mass is 9.75. The van der Waals surface area contributed by atoms with E-state index in [4.69, 9.17) is 9.72 Å².